The molecule has 47 valence electrons. The van der Waals surface area contributed by atoms with Crippen molar-refractivity contribution >= 4 is 0 Å². The van der Waals surface area contributed by atoms with Gasteiger partial charge in [-0.15, -0.1) is 0 Å². The van der Waals surface area contributed by atoms with E-state index in [4.69, 9.17) is 10.3 Å². The van der Waals surface area contributed by atoms with Crippen molar-refractivity contribution in [2.75, 3.05) is 0 Å². The summed E-state index contributed by atoms with van der Waals surface area (Å²) >= 11 is 0. The summed E-state index contributed by atoms with van der Waals surface area (Å²) in [6.07, 6.45) is 3.04. The topological polar surface area (TPSA) is 62.5 Å². The Balaban J connectivity index is 3.34. The zero-order valence-corrected chi connectivity index (χ0v) is 4.40. The highest BCUT2D eigenvalue weighted by molar-refractivity contribution is 5.12. The molecule has 1 aromatic rings. The minimum absolute atomic E-state index is 0.483. The van der Waals surface area contributed by atoms with Crippen LogP contribution >= 0.6 is 0 Å². The molecule has 0 unspecified atom stereocenters. The highest BCUT2D eigenvalue weighted by atomic mass is 16.5. The van der Waals surface area contributed by atoms with Crippen LogP contribution in [0.2, 0.25) is 0 Å². The molecule has 4 heteroatoms. The van der Waals surface area contributed by atoms with E-state index in [1.165, 1.54) is 0 Å². The minimum atomic E-state index is -0.583. The second-order valence-corrected chi connectivity index (χ2v) is 1.48. The fourth-order valence-corrected chi connectivity index (χ4v) is 0.418. The van der Waals surface area contributed by atoms with E-state index in [2.05, 4.69) is 0 Å². The minimum Gasteiger partial charge on any atom is -0.503 e. The number of rotatable bonds is 0. The van der Waals surface area contributed by atoms with Gasteiger partial charge in [0.1, 0.15) is 0 Å². The summed E-state index contributed by atoms with van der Waals surface area (Å²) in [7, 11) is 0. The second-order valence-electron chi connectivity index (χ2n) is 1.48. The largest absolute Gasteiger partial charge is 0.503 e. The van der Waals surface area contributed by atoms with E-state index in [-0.39, 0.29) is 0 Å². The third kappa shape index (κ3) is 1.02. The van der Waals surface area contributed by atoms with E-state index < -0.39 is 11.2 Å². The smallest absolute Gasteiger partial charge is 0.224 e. The first-order valence-corrected chi connectivity index (χ1v) is 2.23. The van der Waals surface area contributed by atoms with Gasteiger partial charge in [0, 0.05) is 12.3 Å². The maximum absolute atomic E-state index is 10.4. The van der Waals surface area contributed by atoms with E-state index in [9.17, 15) is 4.79 Å². The van der Waals surface area contributed by atoms with Crippen LogP contribution in [0.3, 0.4) is 0 Å². The van der Waals surface area contributed by atoms with E-state index in [1.807, 2.05) is 6.20 Å². The van der Waals surface area contributed by atoms with Gasteiger partial charge < -0.3 is 10.3 Å². The normalized spacial score (nSPS) is 9.33. The molecule has 0 aliphatic heterocycles. The van der Waals surface area contributed by atoms with Crippen LogP contribution in [0.5, 0.6) is 5.75 Å². The molecule has 0 amide bonds. The molecule has 0 saturated carbocycles. The maximum Gasteiger partial charge on any atom is 0.224 e. The summed E-state index contributed by atoms with van der Waals surface area (Å²) in [5, 5.41) is 17.1. The number of nitrogens with zero attached hydrogens (tertiary/aromatic N) is 1. The van der Waals surface area contributed by atoms with Crippen LogP contribution in [0.25, 0.3) is 0 Å². The van der Waals surface area contributed by atoms with Crippen LogP contribution in [-0.2, 0) is 0 Å². The molecule has 0 atom stereocenters. The van der Waals surface area contributed by atoms with Gasteiger partial charge in [-0.1, -0.05) is 0 Å². The molecule has 0 aromatic carbocycles. The van der Waals surface area contributed by atoms with Crippen molar-refractivity contribution in [3.8, 4) is 5.75 Å². The summed E-state index contributed by atoms with van der Waals surface area (Å²) < 4.78 is 0.483. The van der Waals surface area contributed by atoms with Gasteiger partial charge in [0.05, 0.1) is 0 Å². The van der Waals surface area contributed by atoms with E-state index in [0.29, 0.717) is 4.73 Å². The summed E-state index contributed by atoms with van der Waals surface area (Å²) in [6.45, 7) is 0. The van der Waals surface area contributed by atoms with Crippen LogP contribution in [0.15, 0.2) is 17.1 Å². The van der Waals surface area contributed by atoms with Crippen molar-refractivity contribution in [1.29, 1.82) is 0 Å². The van der Waals surface area contributed by atoms with Gasteiger partial charge in [-0.25, -0.2) is 0 Å². The second kappa shape index (κ2) is 1.81. The highest BCUT2D eigenvalue weighted by Gasteiger charge is 1.93. The van der Waals surface area contributed by atoms with Crippen LogP contribution in [-0.4, -0.2) is 15.0 Å². The number of hydrogen-bond acceptors (Lipinski definition) is 3. The average molecular weight is 126 g/mol. The molecule has 1 radical (unpaired) electrons. The maximum atomic E-state index is 10.4. The van der Waals surface area contributed by atoms with Crippen molar-refractivity contribution in [2.24, 2.45) is 0 Å². The SMILES string of the molecule is O=c1ccn(O)[c]c1O. The van der Waals surface area contributed by atoms with Crippen LogP contribution < -0.4 is 5.43 Å². The van der Waals surface area contributed by atoms with Gasteiger partial charge in [0.15, 0.2) is 11.9 Å². The van der Waals surface area contributed by atoms with Crippen LogP contribution in [0, 0.1) is 6.20 Å². The Morgan fingerprint density at radius 2 is 2.33 bits per heavy atom. The zero-order valence-electron chi connectivity index (χ0n) is 4.40. The Bertz CT molecular complexity index is 265. The molecule has 0 fully saturated rings. The van der Waals surface area contributed by atoms with Gasteiger partial charge in [-0.2, -0.15) is 4.73 Å². The average Bonchev–Trinajstić information content (AvgIpc) is 1.80. The molecule has 1 aromatic heterocycles. The summed E-state index contributed by atoms with van der Waals surface area (Å²) in [5.74, 6) is -0.583. The molecule has 2 N–H and O–H groups in total. The molecule has 0 spiro atoms. The molecular formula is C5H4NO3. The molecule has 4 nitrogen and oxygen atoms in total. The standard InChI is InChI=1S/C5H4NO3/c7-4-1-2-6(9)3-5(4)8/h1-2,8-9H. The van der Waals surface area contributed by atoms with Crippen molar-refractivity contribution in [2.45, 2.75) is 0 Å². The number of pyridine rings is 1. The first-order chi connectivity index (χ1) is 4.20. The lowest BCUT2D eigenvalue weighted by Gasteiger charge is -1.91. The lowest BCUT2D eigenvalue weighted by Crippen LogP contribution is -2.02. The fourth-order valence-electron chi connectivity index (χ4n) is 0.418. The molecule has 0 bridgehead atoms. The van der Waals surface area contributed by atoms with E-state index in [0.717, 1.165) is 12.3 Å². The van der Waals surface area contributed by atoms with Gasteiger partial charge in [-0.05, 0) is 0 Å². The molecule has 9 heavy (non-hydrogen) atoms. The molecule has 1 rings (SSSR count). The van der Waals surface area contributed by atoms with Crippen LogP contribution in [0.1, 0.15) is 0 Å². The molecule has 0 aliphatic rings. The molecule has 0 saturated heterocycles. The predicted octanol–water partition coefficient (Wildman–Crippen LogP) is -0.409. The monoisotopic (exact) mass is 126 g/mol. The van der Waals surface area contributed by atoms with Gasteiger partial charge in [-0.3, -0.25) is 4.79 Å². The Morgan fingerprint density at radius 1 is 1.67 bits per heavy atom. The van der Waals surface area contributed by atoms with Crippen molar-refractivity contribution in [1.82, 2.24) is 4.73 Å². The van der Waals surface area contributed by atoms with Gasteiger partial charge in [0.25, 0.3) is 0 Å². The third-order valence-electron chi connectivity index (χ3n) is 0.821. The van der Waals surface area contributed by atoms with Gasteiger partial charge in [0.2, 0.25) is 5.43 Å². The highest BCUT2D eigenvalue weighted by Crippen LogP contribution is 1.93. The lowest BCUT2D eigenvalue weighted by molar-refractivity contribution is 0.178. The van der Waals surface area contributed by atoms with Crippen molar-refractivity contribution < 1.29 is 10.3 Å². The van der Waals surface area contributed by atoms with Crippen LogP contribution in [0.4, 0.5) is 0 Å². The van der Waals surface area contributed by atoms with Crippen molar-refractivity contribution in [3.63, 3.8) is 0 Å². The summed E-state index contributed by atoms with van der Waals surface area (Å²) in [4.78, 5) is 10.4. The Morgan fingerprint density at radius 3 is 2.78 bits per heavy atom. The number of aromatic hydroxyl groups is 1. The Hall–Kier alpha value is -1.45. The molecule has 1 heterocycles. The first kappa shape index (κ1) is 5.68. The Kier molecular flexibility index (Phi) is 1.14. The van der Waals surface area contributed by atoms with E-state index >= 15 is 0 Å². The predicted molar refractivity (Wildman–Crippen MR) is 28.4 cm³/mol. The number of aromatic nitrogens is 1. The Labute approximate surface area is 50.6 Å². The summed E-state index contributed by atoms with van der Waals surface area (Å²) in [6, 6.07) is 1.03. The first-order valence-electron chi connectivity index (χ1n) is 2.23. The number of hydrogen-bond donors (Lipinski definition) is 2. The molecule has 0 aliphatic carbocycles. The van der Waals surface area contributed by atoms with Crippen molar-refractivity contribution in [3.05, 3.63) is 28.7 Å². The third-order valence-corrected chi connectivity index (χ3v) is 0.821. The van der Waals surface area contributed by atoms with Gasteiger partial charge >= 0.3 is 0 Å². The quantitative estimate of drug-likeness (QED) is 0.464. The van der Waals surface area contributed by atoms with E-state index in [1.54, 1.807) is 0 Å². The summed E-state index contributed by atoms with van der Waals surface area (Å²) in [5.41, 5.74) is -0.555. The molecular weight excluding hydrogens is 122 g/mol. The fraction of sp³-hybridized carbons (Fsp3) is 0. The zero-order chi connectivity index (χ0) is 6.85. The lowest BCUT2D eigenvalue weighted by atomic mass is 10.4.